The van der Waals surface area contributed by atoms with Gasteiger partial charge in [0.15, 0.2) is 6.04 Å². The highest BCUT2D eigenvalue weighted by Crippen LogP contribution is 1.88. The Hall–Kier alpha value is -2.42. The number of carbonyl (C=O) groups excluding carboxylic acids is 2. The Morgan fingerprint density at radius 3 is 2.65 bits per heavy atom. The Kier molecular flexibility index (Phi) is 5.21. The number of aliphatic hydroxyl groups excluding tert-OH is 1. The molecule has 1 atom stereocenters. The minimum Gasteiger partial charge on any atom is -0.467 e. The van der Waals surface area contributed by atoms with Crippen LogP contribution in [0.15, 0.2) is 21.9 Å². The predicted molar refractivity (Wildman–Crippen MR) is 67.0 cm³/mol. The van der Waals surface area contributed by atoms with E-state index in [0.717, 1.165) is 22.3 Å². The summed E-state index contributed by atoms with van der Waals surface area (Å²) < 4.78 is 6.23. The van der Waals surface area contributed by atoms with Crippen LogP contribution in [0.4, 0.5) is 0 Å². The first-order valence-corrected chi connectivity index (χ1v) is 5.65. The molecular weight excluding hydrogens is 270 g/mol. The van der Waals surface area contributed by atoms with Crippen LogP contribution in [0, 0.1) is 0 Å². The smallest absolute Gasteiger partial charge is 0.331 e. The standard InChI is InChI=1S/C11H15N3O6/c1-13-9(17)3-4-14(11(13)19)5-8(16)12-7(6-15)10(18)20-2/h3-4,7,15H,5-6H2,1-2H3,(H,12,16). The molecule has 1 amide bonds. The highest BCUT2D eigenvalue weighted by molar-refractivity contribution is 5.84. The van der Waals surface area contributed by atoms with E-state index < -0.39 is 35.8 Å². The monoisotopic (exact) mass is 285 g/mol. The first-order chi connectivity index (χ1) is 9.40. The average molecular weight is 285 g/mol. The molecule has 20 heavy (non-hydrogen) atoms. The molecule has 9 nitrogen and oxygen atoms in total. The Bertz CT molecular complexity index is 617. The van der Waals surface area contributed by atoms with E-state index in [4.69, 9.17) is 5.11 Å². The fourth-order valence-corrected chi connectivity index (χ4v) is 1.45. The van der Waals surface area contributed by atoms with Crippen LogP contribution < -0.4 is 16.6 Å². The number of esters is 1. The van der Waals surface area contributed by atoms with Gasteiger partial charge in [-0.05, 0) is 0 Å². The number of aliphatic hydroxyl groups is 1. The SMILES string of the molecule is COC(=O)C(CO)NC(=O)Cn1ccc(=O)n(C)c1=O. The van der Waals surface area contributed by atoms with Gasteiger partial charge in [0.1, 0.15) is 6.54 Å². The second kappa shape index (κ2) is 6.66. The van der Waals surface area contributed by atoms with Crippen LogP contribution in [0.3, 0.4) is 0 Å². The lowest BCUT2D eigenvalue weighted by Gasteiger charge is -2.14. The molecule has 0 saturated heterocycles. The molecule has 1 aromatic heterocycles. The number of nitrogens with zero attached hydrogens (tertiary/aromatic N) is 2. The highest BCUT2D eigenvalue weighted by Gasteiger charge is 2.20. The third-order valence-corrected chi connectivity index (χ3v) is 2.58. The van der Waals surface area contributed by atoms with Crippen molar-refractivity contribution in [2.75, 3.05) is 13.7 Å². The van der Waals surface area contributed by atoms with Crippen molar-refractivity contribution in [3.63, 3.8) is 0 Å². The zero-order chi connectivity index (χ0) is 15.3. The number of methoxy groups -OCH3 is 1. The Balaban J connectivity index is 2.82. The summed E-state index contributed by atoms with van der Waals surface area (Å²) in [7, 11) is 2.40. The molecule has 0 aliphatic rings. The van der Waals surface area contributed by atoms with Crippen molar-refractivity contribution in [1.29, 1.82) is 0 Å². The van der Waals surface area contributed by atoms with Crippen LogP contribution in [0.2, 0.25) is 0 Å². The van der Waals surface area contributed by atoms with Gasteiger partial charge >= 0.3 is 11.7 Å². The number of hydrogen-bond acceptors (Lipinski definition) is 6. The summed E-state index contributed by atoms with van der Waals surface area (Å²) in [6.45, 7) is -1.01. The normalized spacial score (nSPS) is 11.8. The fourth-order valence-electron chi connectivity index (χ4n) is 1.45. The maximum atomic E-state index is 11.7. The zero-order valence-corrected chi connectivity index (χ0v) is 11.0. The molecule has 0 spiro atoms. The van der Waals surface area contributed by atoms with Crippen LogP contribution in [0.1, 0.15) is 0 Å². The number of aromatic nitrogens is 2. The summed E-state index contributed by atoms with van der Waals surface area (Å²) in [5.74, 6) is -1.47. The van der Waals surface area contributed by atoms with E-state index in [1.54, 1.807) is 0 Å². The molecule has 0 aromatic carbocycles. The molecule has 0 saturated carbocycles. The van der Waals surface area contributed by atoms with E-state index in [9.17, 15) is 19.2 Å². The quantitative estimate of drug-likeness (QED) is 0.564. The largest absolute Gasteiger partial charge is 0.467 e. The van der Waals surface area contributed by atoms with E-state index in [1.807, 2.05) is 0 Å². The Morgan fingerprint density at radius 2 is 2.10 bits per heavy atom. The number of nitrogens with one attached hydrogen (secondary N) is 1. The van der Waals surface area contributed by atoms with Crippen molar-refractivity contribution >= 4 is 11.9 Å². The van der Waals surface area contributed by atoms with Crippen LogP contribution in [0.5, 0.6) is 0 Å². The molecule has 0 bridgehead atoms. The maximum Gasteiger partial charge on any atom is 0.331 e. The van der Waals surface area contributed by atoms with Gasteiger partial charge in [0, 0.05) is 19.3 Å². The summed E-state index contributed by atoms with van der Waals surface area (Å²) in [5, 5.41) is 11.2. The van der Waals surface area contributed by atoms with Crippen molar-refractivity contribution in [3.05, 3.63) is 33.1 Å². The molecule has 0 fully saturated rings. The minimum atomic E-state index is -1.20. The van der Waals surface area contributed by atoms with Gasteiger partial charge in [0.2, 0.25) is 5.91 Å². The summed E-state index contributed by atoms with van der Waals surface area (Å²) in [5.41, 5.74) is -1.15. The molecule has 0 radical (unpaired) electrons. The molecule has 0 aliphatic carbocycles. The van der Waals surface area contributed by atoms with Gasteiger partial charge in [-0.3, -0.25) is 18.7 Å². The number of carbonyl (C=O) groups is 2. The second-order valence-electron chi connectivity index (χ2n) is 3.95. The van der Waals surface area contributed by atoms with E-state index in [2.05, 4.69) is 10.1 Å². The fraction of sp³-hybridized carbons (Fsp3) is 0.455. The zero-order valence-electron chi connectivity index (χ0n) is 11.0. The van der Waals surface area contributed by atoms with Crippen LogP contribution in [0.25, 0.3) is 0 Å². The average Bonchev–Trinajstić information content (AvgIpc) is 2.44. The molecule has 1 rings (SSSR count). The summed E-state index contributed by atoms with van der Waals surface area (Å²) >= 11 is 0. The molecule has 1 aromatic rings. The van der Waals surface area contributed by atoms with Gasteiger partial charge in [-0.1, -0.05) is 0 Å². The third kappa shape index (κ3) is 3.54. The van der Waals surface area contributed by atoms with Gasteiger partial charge in [0.25, 0.3) is 5.56 Å². The summed E-state index contributed by atoms with van der Waals surface area (Å²) in [4.78, 5) is 45.7. The van der Waals surface area contributed by atoms with Crippen LogP contribution >= 0.6 is 0 Å². The van der Waals surface area contributed by atoms with Gasteiger partial charge in [-0.25, -0.2) is 9.59 Å². The van der Waals surface area contributed by atoms with Crippen LogP contribution in [-0.4, -0.2) is 45.9 Å². The minimum absolute atomic E-state index is 0.388. The molecule has 1 heterocycles. The molecule has 0 aliphatic heterocycles. The first-order valence-electron chi connectivity index (χ1n) is 5.65. The lowest BCUT2D eigenvalue weighted by molar-refractivity contribution is -0.146. The molecule has 1 unspecified atom stereocenters. The number of ether oxygens (including phenoxy) is 1. The molecule has 9 heteroatoms. The Labute approximate surface area is 113 Å². The van der Waals surface area contributed by atoms with Crippen molar-refractivity contribution in [2.45, 2.75) is 12.6 Å². The summed E-state index contributed by atoms with van der Waals surface area (Å²) in [6.07, 6.45) is 1.18. The summed E-state index contributed by atoms with van der Waals surface area (Å²) in [6, 6.07) is -0.0610. The molecular formula is C11H15N3O6. The Morgan fingerprint density at radius 1 is 1.45 bits per heavy atom. The topological polar surface area (TPSA) is 120 Å². The van der Waals surface area contributed by atoms with Gasteiger partial charge in [0.05, 0.1) is 13.7 Å². The van der Waals surface area contributed by atoms with Crippen molar-refractivity contribution < 1.29 is 19.4 Å². The van der Waals surface area contributed by atoms with Gasteiger partial charge in [-0.15, -0.1) is 0 Å². The number of hydrogen-bond donors (Lipinski definition) is 2. The lowest BCUT2D eigenvalue weighted by atomic mass is 10.3. The molecule has 110 valence electrons. The van der Waals surface area contributed by atoms with E-state index in [1.165, 1.54) is 13.2 Å². The number of rotatable bonds is 5. The maximum absolute atomic E-state index is 11.7. The van der Waals surface area contributed by atoms with Gasteiger partial charge < -0.3 is 15.2 Å². The molecule has 2 N–H and O–H groups in total. The van der Waals surface area contributed by atoms with Crippen molar-refractivity contribution in [1.82, 2.24) is 14.5 Å². The van der Waals surface area contributed by atoms with Gasteiger partial charge in [-0.2, -0.15) is 0 Å². The van der Waals surface area contributed by atoms with Crippen molar-refractivity contribution in [2.24, 2.45) is 7.05 Å². The number of amides is 1. The highest BCUT2D eigenvalue weighted by atomic mass is 16.5. The van der Waals surface area contributed by atoms with Crippen molar-refractivity contribution in [3.8, 4) is 0 Å². The second-order valence-corrected chi connectivity index (χ2v) is 3.95. The van der Waals surface area contributed by atoms with E-state index >= 15 is 0 Å². The van der Waals surface area contributed by atoms with E-state index in [0.29, 0.717) is 0 Å². The third-order valence-electron chi connectivity index (χ3n) is 2.58. The van der Waals surface area contributed by atoms with Crippen LogP contribution in [-0.2, 0) is 27.9 Å². The predicted octanol–water partition coefficient (Wildman–Crippen LogP) is -2.80. The first kappa shape index (κ1) is 15.6. The lowest BCUT2D eigenvalue weighted by Crippen LogP contribution is -2.47. The van der Waals surface area contributed by atoms with E-state index in [-0.39, 0.29) is 6.54 Å².